The number of halogens is 12. The second-order valence-electron chi connectivity index (χ2n) is 4.25. The Hall–Kier alpha value is 0.706. The summed E-state index contributed by atoms with van der Waals surface area (Å²) in [5, 5.41) is 0. The molecule has 0 saturated heterocycles. The first-order valence-electron chi connectivity index (χ1n) is 5.26. The van der Waals surface area contributed by atoms with Crippen LogP contribution in [0.4, 0.5) is 52.7 Å². The Morgan fingerprint density at radius 2 is 1.08 bits per heavy atom. The zero-order valence-corrected chi connectivity index (χ0v) is 15.5. The summed E-state index contributed by atoms with van der Waals surface area (Å²) in [6, 6.07) is 0. The van der Waals surface area contributed by atoms with Gasteiger partial charge in [-0.05, 0) is 0 Å². The van der Waals surface area contributed by atoms with Crippen LogP contribution in [0, 0.1) is 0 Å². The molecule has 0 aliphatic heterocycles. The summed E-state index contributed by atoms with van der Waals surface area (Å²) in [5.41, 5.74) is -5.52. The fourth-order valence-electron chi connectivity index (χ4n) is 1.22. The van der Waals surface area contributed by atoms with Gasteiger partial charge in [0.1, 0.15) is 10.1 Å². The van der Waals surface area contributed by atoms with Crippen molar-refractivity contribution in [2.75, 3.05) is 0 Å². The van der Waals surface area contributed by atoms with Crippen LogP contribution < -0.4 is 51.4 Å². The van der Waals surface area contributed by atoms with Gasteiger partial charge >= 0.3 is 69.2 Å². The van der Waals surface area contributed by atoms with Crippen molar-refractivity contribution in [3.8, 4) is 0 Å². The predicted octanol–water partition coefficient (Wildman–Crippen LogP) is 0.0165. The molecular formula is C8H5F12KO3S. The average molecular weight is 448 g/mol. The van der Waals surface area contributed by atoms with Gasteiger partial charge in [-0.15, -0.1) is 0 Å². The van der Waals surface area contributed by atoms with E-state index in [1.165, 1.54) is 0 Å². The molecule has 17 heteroatoms. The van der Waals surface area contributed by atoms with Gasteiger partial charge in [0.05, 0.1) is 0 Å². The van der Waals surface area contributed by atoms with Crippen LogP contribution in [0.3, 0.4) is 0 Å². The molecule has 0 saturated carbocycles. The molecule has 0 aromatic rings. The van der Waals surface area contributed by atoms with Crippen LogP contribution in [-0.2, 0) is 10.1 Å². The van der Waals surface area contributed by atoms with Crippen LogP contribution >= 0.6 is 0 Å². The Bertz CT molecular complexity index is 540. The van der Waals surface area contributed by atoms with Crippen molar-refractivity contribution in [1.82, 2.24) is 0 Å². The maximum Gasteiger partial charge on any atom is 1.00 e. The van der Waals surface area contributed by atoms with Crippen molar-refractivity contribution in [3.05, 3.63) is 0 Å². The second kappa shape index (κ2) is 8.81. The first-order valence-corrected chi connectivity index (χ1v) is 6.73. The van der Waals surface area contributed by atoms with E-state index in [4.69, 9.17) is 0 Å². The smallest absolute Gasteiger partial charge is 0.746 e. The third-order valence-electron chi connectivity index (χ3n) is 2.55. The molecule has 0 aromatic carbocycles. The van der Waals surface area contributed by atoms with Crippen molar-refractivity contribution in [1.29, 1.82) is 0 Å². The number of hydrogen-bond donors (Lipinski definition) is 0. The summed E-state index contributed by atoms with van der Waals surface area (Å²) in [4.78, 5) is 0. The molecule has 0 fully saturated rings. The summed E-state index contributed by atoms with van der Waals surface area (Å²) < 4.78 is 181. The van der Waals surface area contributed by atoms with Gasteiger partial charge in [-0.3, -0.25) is 0 Å². The van der Waals surface area contributed by atoms with E-state index < -0.39 is 58.3 Å². The standard InChI is InChI=1S/C8H6F12O3S.K/c9-1(2(10)4(12)13)3(11)6(15,16)8(19,20)7(17,18)5(14)24(21,22)23;/h1-5H,(H,21,22,23);/q;+1/p-1. The van der Waals surface area contributed by atoms with Gasteiger partial charge in [-0.25, -0.2) is 34.8 Å². The predicted molar refractivity (Wildman–Crippen MR) is 50.1 cm³/mol. The van der Waals surface area contributed by atoms with E-state index in [2.05, 4.69) is 0 Å². The van der Waals surface area contributed by atoms with Crippen molar-refractivity contribution >= 4 is 10.1 Å². The Morgan fingerprint density at radius 3 is 1.36 bits per heavy atom. The molecule has 0 amide bonds. The molecular weight excluding hydrogens is 443 g/mol. The van der Waals surface area contributed by atoms with E-state index in [-0.39, 0.29) is 51.4 Å². The van der Waals surface area contributed by atoms with Crippen molar-refractivity contribution < 1.29 is 117 Å². The molecule has 3 nitrogen and oxygen atoms in total. The Kier molecular flexibility index (Phi) is 9.84. The van der Waals surface area contributed by atoms with E-state index >= 15 is 0 Å². The maximum absolute atomic E-state index is 13.0. The van der Waals surface area contributed by atoms with E-state index in [0.29, 0.717) is 0 Å². The topological polar surface area (TPSA) is 57.2 Å². The minimum Gasteiger partial charge on any atom is -0.746 e. The van der Waals surface area contributed by atoms with Gasteiger partial charge in [0.25, 0.3) is 11.9 Å². The van der Waals surface area contributed by atoms with Crippen LogP contribution in [0.5, 0.6) is 0 Å². The average Bonchev–Trinajstić information content (AvgIpc) is 2.42. The van der Waals surface area contributed by atoms with E-state index in [1.54, 1.807) is 0 Å². The maximum atomic E-state index is 13.0. The summed E-state index contributed by atoms with van der Waals surface area (Å²) >= 11 is 0. The van der Waals surface area contributed by atoms with Crippen molar-refractivity contribution in [2.45, 2.75) is 48.2 Å². The van der Waals surface area contributed by atoms with Crippen LogP contribution in [0.2, 0.25) is 0 Å². The van der Waals surface area contributed by atoms with Crippen molar-refractivity contribution in [2.24, 2.45) is 0 Å². The molecule has 4 unspecified atom stereocenters. The molecule has 0 spiro atoms. The Labute approximate surface area is 174 Å². The Balaban J connectivity index is 0. The molecule has 0 aromatic heterocycles. The zero-order valence-electron chi connectivity index (χ0n) is 11.6. The molecule has 25 heavy (non-hydrogen) atoms. The van der Waals surface area contributed by atoms with Gasteiger partial charge in [0, 0.05) is 0 Å². The molecule has 0 rings (SSSR count). The monoisotopic (exact) mass is 448 g/mol. The normalized spacial score (nSPS) is 19.1. The third kappa shape index (κ3) is 5.37. The van der Waals surface area contributed by atoms with E-state index in [0.717, 1.165) is 0 Å². The summed E-state index contributed by atoms with van der Waals surface area (Å²) in [6.45, 7) is 0. The van der Waals surface area contributed by atoms with E-state index in [1.807, 2.05) is 0 Å². The number of rotatable bonds is 8. The van der Waals surface area contributed by atoms with Gasteiger partial charge in [-0.1, -0.05) is 0 Å². The fourth-order valence-corrected chi connectivity index (χ4v) is 1.73. The van der Waals surface area contributed by atoms with Crippen molar-refractivity contribution in [3.63, 3.8) is 0 Å². The summed E-state index contributed by atoms with van der Waals surface area (Å²) in [7, 11) is -6.97. The molecule has 0 bridgehead atoms. The van der Waals surface area contributed by atoms with Gasteiger partial charge in [0.15, 0.2) is 12.3 Å². The molecule has 4 atom stereocenters. The number of alkyl halides is 12. The number of hydrogen-bond acceptors (Lipinski definition) is 3. The summed E-state index contributed by atoms with van der Waals surface area (Å²) in [6.07, 6.45) is -19.1. The summed E-state index contributed by atoms with van der Waals surface area (Å²) in [5.74, 6) is -21.6. The minimum absolute atomic E-state index is 0. The van der Waals surface area contributed by atoms with Gasteiger partial charge in [-0.2, -0.15) is 26.3 Å². The van der Waals surface area contributed by atoms with E-state index in [9.17, 15) is 65.7 Å². The minimum atomic E-state index is -7.40. The largest absolute Gasteiger partial charge is 1.00 e. The second-order valence-corrected chi connectivity index (χ2v) is 5.65. The molecule has 146 valence electrons. The Morgan fingerprint density at radius 1 is 0.720 bits per heavy atom. The quantitative estimate of drug-likeness (QED) is 0.299. The SMILES string of the molecule is O=S(=O)([O-])C(F)C(F)(F)C(F)(F)C(F)(F)C(F)C(F)C(F)C(F)F.[K+]. The first kappa shape index (κ1) is 27.9. The van der Waals surface area contributed by atoms with Gasteiger partial charge in [0.2, 0.25) is 6.17 Å². The van der Waals surface area contributed by atoms with Crippen LogP contribution in [0.15, 0.2) is 0 Å². The third-order valence-corrected chi connectivity index (χ3v) is 3.35. The van der Waals surface area contributed by atoms with Crippen LogP contribution in [0.25, 0.3) is 0 Å². The zero-order chi connectivity index (χ0) is 19.9. The molecule has 0 heterocycles. The molecule has 0 radical (unpaired) electrons. The van der Waals surface area contributed by atoms with Crippen LogP contribution in [0.1, 0.15) is 0 Å². The van der Waals surface area contributed by atoms with Gasteiger partial charge < -0.3 is 4.55 Å². The first-order chi connectivity index (χ1) is 10.3. The fraction of sp³-hybridized carbons (Fsp3) is 1.00. The van der Waals surface area contributed by atoms with Crippen LogP contribution in [-0.4, -0.2) is 61.2 Å². The molecule has 0 aliphatic rings. The molecule has 0 N–H and O–H groups in total. The molecule has 0 aliphatic carbocycles.